The molecule has 0 spiro atoms. The molecule has 2 aromatic carbocycles. The smallest absolute Gasteiger partial charge is 0.259 e. The number of Topliss-reactive ketones (excluding diaryl/α,β-unsaturated/α-hetero) is 1. The number of aromatic nitrogens is 1. The first-order valence-electron chi connectivity index (χ1n) is 10.1. The quantitative estimate of drug-likeness (QED) is 0.559. The maximum absolute atomic E-state index is 14.7. The average Bonchev–Trinajstić information content (AvgIpc) is 2.86. The van der Waals surface area contributed by atoms with Gasteiger partial charge >= 0.3 is 0 Å². The molecule has 1 aliphatic rings. The summed E-state index contributed by atoms with van der Waals surface area (Å²) >= 11 is 0. The van der Waals surface area contributed by atoms with Crippen LogP contribution in [0.4, 0.5) is 8.78 Å². The summed E-state index contributed by atoms with van der Waals surface area (Å²) in [6, 6.07) is 14.1. The SMILES string of the molecule is Cc1c(F)c(Oc2cccc(C#N)c2)nc(Oc2cccc(C(=O)C3CNCCO3)c2)c1F. The van der Waals surface area contributed by atoms with E-state index in [1.807, 2.05) is 6.07 Å². The molecule has 0 bridgehead atoms. The van der Waals surface area contributed by atoms with E-state index in [0.717, 1.165) is 0 Å². The Kier molecular flexibility index (Phi) is 6.58. The minimum Gasteiger partial charge on any atom is -0.436 e. The van der Waals surface area contributed by atoms with Crippen molar-refractivity contribution in [2.75, 3.05) is 19.7 Å². The highest BCUT2D eigenvalue weighted by atomic mass is 19.1. The first-order valence-corrected chi connectivity index (χ1v) is 10.1. The molecule has 4 rings (SSSR count). The van der Waals surface area contributed by atoms with E-state index < -0.39 is 29.5 Å². The largest absolute Gasteiger partial charge is 0.436 e. The molecule has 1 N–H and O–H groups in total. The third-order valence-electron chi connectivity index (χ3n) is 4.97. The van der Waals surface area contributed by atoms with Crippen LogP contribution in [0.1, 0.15) is 21.5 Å². The summed E-state index contributed by atoms with van der Waals surface area (Å²) in [5, 5.41) is 12.1. The lowest BCUT2D eigenvalue weighted by atomic mass is 10.1. The molecule has 9 heteroatoms. The molecular weight excluding hydrogens is 432 g/mol. The number of hydrogen-bond acceptors (Lipinski definition) is 7. The fourth-order valence-corrected chi connectivity index (χ4v) is 3.23. The molecule has 3 aromatic rings. The molecule has 0 saturated carbocycles. The van der Waals surface area contributed by atoms with Gasteiger partial charge in [0.25, 0.3) is 11.8 Å². The van der Waals surface area contributed by atoms with Gasteiger partial charge in [0.05, 0.1) is 18.2 Å². The van der Waals surface area contributed by atoms with Gasteiger partial charge in [-0.15, -0.1) is 0 Å². The van der Waals surface area contributed by atoms with Crippen molar-refractivity contribution in [2.24, 2.45) is 0 Å². The Hall–Kier alpha value is -3.87. The normalized spacial score (nSPS) is 15.5. The molecule has 0 amide bonds. The Labute approximate surface area is 188 Å². The van der Waals surface area contributed by atoms with Crippen LogP contribution >= 0.6 is 0 Å². The number of benzene rings is 2. The molecular formula is C24H19F2N3O4. The predicted octanol–water partition coefficient (Wildman–Crippen LogP) is 4.30. The number of ether oxygens (including phenoxy) is 3. The molecule has 2 heterocycles. The zero-order valence-corrected chi connectivity index (χ0v) is 17.6. The van der Waals surface area contributed by atoms with Gasteiger partial charge in [-0.05, 0) is 37.3 Å². The zero-order valence-electron chi connectivity index (χ0n) is 17.6. The molecule has 7 nitrogen and oxygen atoms in total. The van der Waals surface area contributed by atoms with Crippen LogP contribution in [0.2, 0.25) is 0 Å². The van der Waals surface area contributed by atoms with Gasteiger partial charge in [-0.2, -0.15) is 10.2 Å². The second-order valence-corrected chi connectivity index (χ2v) is 7.27. The second kappa shape index (κ2) is 9.73. The van der Waals surface area contributed by atoms with E-state index in [9.17, 15) is 13.6 Å². The summed E-state index contributed by atoms with van der Waals surface area (Å²) in [6.45, 7) is 2.72. The van der Waals surface area contributed by atoms with Gasteiger partial charge in [0, 0.05) is 24.2 Å². The third-order valence-corrected chi connectivity index (χ3v) is 4.97. The van der Waals surface area contributed by atoms with Gasteiger partial charge in [-0.3, -0.25) is 4.79 Å². The van der Waals surface area contributed by atoms with Crippen molar-refractivity contribution in [1.29, 1.82) is 5.26 Å². The minimum atomic E-state index is -0.998. The summed E-state index contributed by atoms with van der Waals surface area (Å²) in [5.74, 6) is -2.95. The van der Waals surface area contributed by atoms with Gasteiger partial charge in [0.2, 0.25) is 0 Å². The Balaban J connectivity index is 1.60. The van der Waals surface area contributed by atoms with Crippen molar-refractivity contribution in [2.45, 2.75) is 13.0 Å². The predicted molar refractivity (Wildman–Crippen MR) is 114 cm³/mol. The summed E-state index contributed by atoms with van der Waals surface area (Å²) in [5.41, 5.74) is 0.285. The van der Waals surface area contributed by atoms with Crippen molar-refractivity contribution >= 4 is 5.78 Å². The van der Waals surface area contributed by atoms with Crippen molar-refractivity contribution in [1.82, 2.24) is 10.3 Å². The Bertz CT molecular complexity index is 1240. The van der Waals surface area contributed by atoms with E-state index >= 15 is 0 Å². The number of nitriles is 1. The van der Waals surface area contributed by atoms with E-state index in [0.29, 0.717) is 30.8 Å². The number of ketones is 1. The molecule has 1 aliphatic heterocycles. The van der Waals surface area contributed by atoms with Gasteiger partial charge < -0.3 is 19.5 Å². The molecule has 1 aromatic heterocycles. The lowest BCUT2D eigenvalue weighted by molar-refractivity contribution is 0.0269. The topological polar surface area (TPSA) is 93.5 Å². The van der Waals surface area contributed by atoms with Crippen LogP contribution in [-0.2, 0) is 4.74 Å². The van der Waals surface area contributed by atoms with Crippen molar-refractivity contribution in [3.05, 3.63) is 76.9 Å². The first kappa shape index (κ1) is 22.3. The van der Waals surface area contributed by atoms with Crippen LogP contribution in [0, 0.1) is 29.9 Å². The highest BCUT2D eigenvalue weighted by Crippen LogP contribution is 2.33. The maximum Gasteiger partial charge on any atom is 0.259 e. The van der Waals surface area contributed by atoms with E-state index in [1.165, 1.54) is 31.2 Å². The van der Waals surface area contributed by atoms with Crippen LogP contribution in [-0.4, -0.2) is 36.6 Å². The van der Waals surface area contributed by atoms with Crippen LogP contribution in [0.15, 0.2) is 48.5 Å². The van der Waals surface area contributed by atoms with Gasteiger partial charge in [0.15, 0.2) is 17.4 Å². The number of nitrogens with one attached hydrogen (secondary N) is 1. The van der Waals surface area contributed by atoms with Crippen molar-refractivity contribution in [3.8, 4) is 29.3 Å². The van der Waals surface area contributed by atoms with E-state index in [-0.39, 0.29) is 22.8 Å². The van der Waals surface area contributed by atoms with Crippen molar-refractivity contribution in [3.63, 3.8) is 0 Å². The molecule has 1 fully saturated rings. The Morgan fingerprint density at radius 2 is 1.79 bits per heavy atom. The number of rotatable bonds is 6. The number of nitrogens with zero attached hydrogens (tertiary/aromatic N) is 2. The summed E-state index contributed by atoms with van der Waals surface area (Å²) in [7, 11) is 0. The Morgan fingerprint density at radius 3 is 2.42 bits per heavy atom. The van der Waals surface area contributed by atoms with Crippen LogP contribution in [0.25, 0.3) is 0 Å². The molecule has 0 aliphatic carbocycles. The fraction of sp³-hybridized carbons (Fsp3) is 0.208. The van der Waals surface area contributed by atoms with E-state index in [2.05, 4.69) is 10.3 Å². The summed E-state index contributed by atoms with van der Waals surface area (Å²) in [6.07, 6.45) is -0.624. The lowest BCUT2D eigenvalue weighted by Gasteiger charge is -2.22. The second-order valence-electron chi connectivity index (χ2n) is 7.27. The highest BCUT2D eigenvalue weighted by Gasteiger charge is 2.24. The van der Waals surface area contributed by atoms with Crippen LogP contribution in [0.5, 0.6) is 23.3 Å². The summed E-state index contributed by atoms with van der Waals surface area (Å²) in [4.78, 5) is 16.5. The number of hydrogen-bond donors (Lipinski definition) is 1. The van der Waals surface area contributed by atoms with E-state index in [4.69, 9.17) is 19.5 Å². The van der Waals surface area contributed by atoms with Crippen molar-refractivity contribution < 1.29 is 27.8 Å². The standard InChI is InChI=1S/C24H19F2N3O4/c1-14-20(25)23(32-17-6-2-4-15(10-17)12-27)29-24(21(14)26)33-18-7-3-5-16(11-18)22(30)19-13-28-8-9-31-19/h2-7,10-11,19,28H,8-9,13H2,1H3. The van der Waals surface area contributed by atoms with Gasteiger partial charge in [-0.25, -0.2) is 8.78 Å². The molecule has 1 atom stereocenters. The number of carbonyl (C=O) groups excluding carboxylic acids is 1. The first-order chi connectivity index (χ1) is 16.0. The minimum absolute atomic E-state index is 0.138. The maximum atomic E-state index is 14.7. The fourth-order valence-electron chi connectivity index (χ4n) is 3.23. The molecule has 33 heavy (non-hydrogen) atoms. The van der Waals surface area contributed by atoms with Gasteiger partial charge in [0.1, 0.15) is 17.6 Å². The molecule has 1 saturated heterocycles. The zero-order chi connectivity index (χ0) is 23.4. The van der Waals surface area contributed by atoms with Crippen LogP contribution in [0.3, 0.4) is 0 Å². The number of carbonyl (C=O) groups is 1. The Morgan fingerprint density at radius 1 is 1.12 bits per heavy atom. The lowest BCUT2D eigenvalue weighted by Crippen LogP contribution is -2.43. The monoisotopic (exact) mass is 451 g/mol. The highest BCUT2D eigenvalue weighted by molar-refractivity contribution is 6.00. The number of halogens is 2. The number of pyridine rings is 1. The molecule has 1 unspecified atom stereocenters. The van der Waals surface area contributed by atoms with Crippen LogP contribution < -0.4 is 14.8 Å². The van der Waals surface area contributed by atoms with Gasteiger partial charge in [-0.1, -0.05) is 18.2 Å². The summed E-state index contributed by atoms with van der Waals surface area (Å²) < 4.78 is 45.8. The third kappa shape index (κ3) is 4.98. The average molecular weight is 451 g/mol. The molecule has 0 radical (unpaired) electrons. The number of morpholine rings is 1. The van der Waals surface area contributed by atoms with E-state index in [1.54, 1.807) is 24.3 Å². The molecule has 168 valence electrons.